The summed E-state index contributed by atoms with van der Waals surface area (Å²) in [5.74, 6) is -0.218. The molecular formula is C22H23N3O. The number of amides is 1. The molecule has 0 saturated carbocycles. The Bertz CT molecular complexity index is 969. The van der Waals surface area contributed by atoms with E-state index < -0.39 is 0 Å². The first-order valence-corrected chi connectivity index (χ1v) is 8.62. The Morgan fingerprint density at radius 2 is 1.69 bits per heavy atom. The monoisotopic (exact) mass is 345 g/mol. The summed E-state index contributed by atoms with van der Waals surface area (Å²) in [5.41, 5.74) is 10.0. The van der Waals surface area contributed by atoms with Gasteiger partial charge in [0.1, 0.15) is 0 Å². The molecule has 0 unspecified atom stereocenters. The van der Waals surface area contributed by atoms with Gasteiger partial charge >= 0.3 is 0 Å². The van der Waals surface area contributed by atoms with Gasteiger partial charge in [0.05, 0.1) is 6.21 Å². The van der Waals surface area contributed by atoms with Crippen LogP contribution in [0.4, 0.5) is 0 Å². The molecule has 132 valence electrons. The number of hydrazone groups is 1. The largest absolute Gasteiger partial charge is 0.318 e. The fourth-order valence-corrected chi connectivity index (χ4v) is 2.99. The van der Waals surface area contributed by atoms with E-state index in [1.165, 1.54) is 11.1 Å². The Balaban J connectivity index is 1.81. The molecule has 1 amide bonds. The number of carbonyl (C=O) groups excluding carboxylic acids is 1. The predicted molar refractivity (Wildman–Crippen MR) is 106 cm³/mol. The molecule has 0 fully saturated rings. The van der Waals surface area contributed by atoms with E-state index in [0.717, 1.165) is 22.6 Å². The molecule has 0 aliphatic heterocycles. The molecule has 0 bridgehead atoms. The molecule has 3 rings (SSSR count). The standard InChI is InChI=1S/C22H23N3O/c1-15-10-11-21(12-16(15)2)25-17(3)13-20(18(25)4)14-23-24-22(26)19-8-6-5-7-9-19/h5-14H,1-4H3,(H,24,26)/b23-14-. The zero-order chi connectivity index (χ0) is 18.7. The van der Waals surface area contributed by atoms with Gasteiger partial charge < -0.3 is 4.57 Å². The highest BCUT2D eigenvalue weighted by Crippen LogP contribution is 2.21. The summed E-state index contributed by atoms with van der Waals surface area (Å²) in [4.78, 5) is 12.1. The summed E-state index contributed by atoms with van der Waals surface area (Å²) >= 11 is 0. The molecule has 0 saturated heterocycles. The smallest absolute Gasteiger partial charge is 0.271 e. The van der Waals surface area contributed by atoms with Crippen molar-refractivity contribution in [3.8, 4) is 5.69 Å². The number of aryl methyl sites for hydroxylation is 3. The van der Waals surface area contributed by atoms with Gasteiger partial charge in [-0.2, -0.15) is 5.10 Å². The van der Waals surface area contributed by atoms with Gasteiger partial charge in [0.25, 0.3) is 5.91 Å². The molecule has 4 nitrogen and oxygen atoms in total. The highest BCUT2D eigenvalue weighted by Gasteiger charge is 2.10. The third kappa shape index (κ3) is 3.59. The lowest BCUT2D eigenvalue weighted by molar-refractivity contribution is 0.0955. The van der Waals surface area contributed by atoms with Gasteiger partial charge in [0, 0.05) is 28.2 Å². The number of hydrogen-bond donors (Lipinski definition) is 1. The lowest BCUT2D eigenvalue weighted by Crippen LogP contribution is -2.17. The Hall–Kier alpha value is -3.14. The maximum atomic E-state index is 12.1. The maximum Gasteiger partial charge on any atom is 0.271 e. The first-order chi connectivity index (χ1) is 12.5. The zero-order valence-corrected chi connectivity index (χ0v) is 15.6. The fourth-order valence-electron chi connectivity index (χ4n) is 2.99. The minimum absolute atomic E-state index is 0.218. The second-order valence-electron chi connectivity index (χ2n) is 6.50. The van der Waals surface area contributed by atoms with Crippen LogP contribution in [0.3, 0.4) is 0 Å². The summed E-state index contributed by atoms with van der Waals surface area (Å²) < 4.78 is 2.20. The normalized spacial score (nSPS) is 11.1. The van der Waals surface area contributed by atoms with E-state index in [1.54, 1.807) is 18.3 Å². The van der Waals surface area contributed by atoms with Crippen molar-refractivity contribution in [1.29, 1.82) is 0 Å². The van der Waals surface area contributed by atoms with Crippen LogP contribution in [0, 0.1) is 27.7 Å². The molecule has 1 aromatic heterocycles. The van der Waals surface area contributed by atoms with Crippen molar-refractivity contribution in [1.82, 2.24) is 9.99 Å². The Kier molecular flexibility index (Phi) is 5.03. The molecule has 3 aromatic rings. The fraction of sp³-hybridized carbons (Fsp3) is 0.182. The second kappa shape index (κ2) is 7.40. The lowest BCUT2D eigenvalue weighted by atomic mass is 10.1. The summed E-state index contributed by atoms with van der Waals surface area (Å²) in [6.07, 6.45) is 1.70. The van der Waals surface area contributed by atoms with Gasteiger partial charge in [-0.15, -0.1) is 0 Å². The van der Waals surface area contributed by atoms with Crippen molar-refractivity contribution < 1.29 is 4.79 Å². The van der Waals surface area contributed by atoms with Crippen LogP contribution in [0.15, 0.2) is 59.7 Å². The number of carbonyl (C=O) groups is 1. The zero-order valence-electron chi connectivity index (χ0n) is 15.6. The first kappa shape index (κ1) is 17.7. The molecule has 1 heterocycles. The summed E-state index contributed by atoms with van der Waals surface area (Å²) in [5, 5.41) is 4.12. The molecule has 1 N–H and O–H groups in total. The molecule has 0 spiro atoms. The van der Waals surface area contributed by atoms with Crippen LogP contribution in [0.1, 0.15) is 38.4 Å². The number of hydrogen-bond acceptors (Lipinski definition) is 2. The van der Waals surface area contributed by atoms with Crippen LogP contribution in [-0.2, 0) is 0 Å². The summed E-state index contributed by atoms with van der Waals surface area (Å²) in [7, 11) is 0. The van der Waals surface area contributed by atoms with Crippen molar-refractivity contribution in [2.75, 3.05) is 0 Å². The summed E-state index contributed by atoms with van der Waals surface area (Å²) in [6, 6.07) is 17.6. The van der Waals surface area contributed by atoms with Crippen LogP contribution in [0.2, 0.25) is 0 Å². The highest BCUT2D eigenvalue weighted by molar-refractivity contribution is 5.94. The van der Waals surface area contributed by atoms with Gasteiger partial charge in [0.15, 0.2) is 0 Å². The van der Waals surface area contributed by atoms with Crippen molar-refractivity contribution in [3.05, 3.63) is 88.2 Å². The maximum absolute atomic E-state index is 12.1. The Morgan fingerprint density at radius 1 is 0.962 bits per heavy atom. The van der Waals surface area contributed by atoms with Gasteiger partial charge in [-0.1, -0.05) is 24.3 Å². The van der Waals surface area contributed by atoms with Gasteiger partial charge in [-0.25, -0.2) is 5.43 Å². The first-order valence-electron chi connectivity index (χ1n) is 8.62. The highest BCUT2D eigenvalue weighted by atomic mass is 16.2. The molecule has 0 aliphatic carbocycles. The van der Waals surface area contributed by atoms with Crippen LogP contribution < -0.4 is 5.43 Å². The van der Waals surface area contributed by atoms with Crippen LogP contribution in [-0.4, -0.2) is 16.7 Å². The van der Waals surface area contributed by atoms with E-state index in [-0.39, 0.29) is 5.91 Å². The Morgan fingerprint density at radius 3 is 2.38 bits per heavy atom. The van der Waals surface area contributed by atoms with E-state index in [1.807, 2.05) is 18.2 Å². The predicted octanol–water partition coefficient (Wildman–Crippen LogP) is 4.47. The van der Waals surface area contributed by atoms with E-state index >= 15 is 0 Å². The van der Waals surface area contributed by atoms with Crippen LogP contribution >= 0.6 is 0 Å². The molecule has 4 heteroatoms. The molecule has 26 heavy (non-hydrogen) atoms. The van der Waals surface area contributed by atoms with Crippen molar-refractivity contribution in [2.24, 2.45) is 5.10 Å². The van der Waals surface area contributed by atoms with E-state index in [9.17, 15) is 4.79 Å². The van der Waals surface area contributed by atoms with Gasteiger partial charge in [-0.05, 0) is 69.2 Å². The molecule has 0 aliphatic rings. The average Bonchev–Trinajstić information content (AvgIpc) is 2.92. The minimum Gasteiger partial charge on any atom is -0.318 e. The van der Waals surface area contributed by atoms with Crippen molar-refractivity contribution in [3.63, 3.8) is 0 Å². The number of benzene rings is 2. The Labute approximate surface area is 154 Å². The number of aromatic nitrogens is 1. The van der Waals surface area contributed by atoms with Crippen LogP contribution in [0.25, 0.3) is 5.69 Å². The number of nitrogens with zero attached hydrogens (tertiary/aromatic N) is 2. The topological polar surface area (TPSA) is 46.4 Å². The van der Waals surface area contributed by atoms with Crippen molar-refractivity contribution in [2.45, 2.75) is 27.7 Å². The SMILES string of the molecule is Cc1ccc(-n2c(C)cc(/C=N\NC(=O)c3ccccc3)c2C)cc1C. The molecule has 0 atom stereocenters. The van der Waals surface area contributed by atoms with E-state index in [0.29, 0.717) is 5.56 Å². The van der Waals surface area contributed by atoms with Gasteiger partial charge in [0.2, 0.25) is 0 Å². The van der Waals surface area contributed by atoms with Crippen LogP contribution in [0.5, 0.6) is 0 Å². The molecular weight excluding hydrogens is 322 g/mol. The average molecular weight is 345 g/mol. The summed E-state index contributed by atoms with van der Waals surface area (Å²) in [6.45, 7) is 8.36. The van der Waals surface area contributed by atoms with E-state index in [4.69, 9.17) is 0 Å². The number of nitrogens with one attached hydrogen (secondary N) is 1. The minimum atomic E-state index is -0.218. The van der Waals surface area contributed by atoms with E-state index in [2.05, 4.69) is 67.1 Å². The third-order valence-corrected chi connectivity index (χ3v) is 4.62. The molecule has 0 radical (unpaired) electrons. The lowest BCUT2D eigenvalue weighted by Gasteiger charge is -2.11. The number of rotatable bonds is 4. The second-order valence-corrected chi connectivity index (χ2v) is 6.50. The van der Waals surface area contributed by atoms with Crippen molar-refractivity contribution >= 4 is 12.1 Å². The van der Waals surface area contributed by atoms with Gasteiger partial charge in [-0.3, -0.25) is 4.79 Å². The quantitative estimate of drug-likeness (QED) is 0.550. The molecule has 2 aromatic carbocycles. The third-order valence-electron chi connectivity index (χ3n) is 4.62.